The third-order valence-electron chi connectivity index (χ3n) is 3.04. The number of thiocarbonyl (C=S) groups is 1. The van der Waals surface area contributed by atoms with Crippen molar-refractivity contribution >= 4 is 22.9 Å². The number of hydrogen-bond donors (Lipinski definition) is 1. The van der Waals surface area contributed by atoms with Crippen molar-refractivity contribution in [3.8, 4) is 5.88 Å². The summed E-state index contributed by atoms with van der Waals surface area (Å²) in [7, 11) is 1.63. The zero-order valence-corrected chi connectivity index (χ0v) is 11.3. The van der Waals surface area contributed by atoms with Crippen LogP contribution in [0.2, 0.25) is 0 Å². The highest BCUT2D eigenvalue weighted by atomic mass is 32.1. The van der Waals surface area contributed by atoms with Gasteiger partial charge in [0.2, 0.25) is 5.88 Å². The molecule has 1 saturated heterocycles. The van der Waals surface area contributed by atoms with Crippen molar-refractivity contribution in [1.82, 2.24) is 9.88 Å². The number of piperazine rings is 1. The molecule has 0 aromatic carbocycles. The van der Waals surface area contributed by atoms with Crippen LogP contribution >= 0.6 is 12.2 Å². The van der Waals surface area contributed by atoms with Crippen molar-refractivity contribution < 1.29 is 4.74 Å². The van der Waals surface area contributed by atoms with Gasteiger partial charge in [0, 0.05) is 50.7 Å². The fourth-order valence-electron chi connectivity index (χ4n) is 2.09. The van der Waals surface area contributed by atoms with E-state index in [1.165, 1.54) is 0 Å². The van der Waals surface area contributed by atoms with Gasteiger partial charge in [-0.1, -0.05) is 12.2 Å². The molecule has 5 nitrogen and oxygen atoms in total. The molecule has 1 aromatic rings. The van der Waals surface area contributed by atoms with Crippen molar-refractivity contribution in [3.63, 3.8) is 0 Å². The largest absolute Gasteiger partial charge is 0.481 e. The van der Waals surface area contributed by atoms with E-state index in [1.807, 2.05) is 12.1 Å². The van der Waals surface area contributed by atoms with E-state index in [2.05, 4.69) is 14.8 Å². The topological polar surface area (TPSA) is 54.6 Å². The molecule has 2 rings (SSSR count). The number of nitrogens with two attached hydrogens (primary N) is 1. The molecule has 1 fully saturated rings. The van der Waals surface area contributed by atoms with Crippen LogP contribution in [0.1, 0.15) is 0 Å². The van der Waals surface area contributed by atoms with Gasteiger partial charge in [-0.05, 0) is 6.07 Å². The molecule has 18 heavy (non-hydrogen) atoms. The lowest BCUT2D eigenvalue weighted by atomic mass is 10.2. The summed E-state index contributed by atoms with van der Waals surface area (Å²) in [6.07, 6.45) is 1.77. The second-order valence-corrected chi connectivity index (χ2v) is 4.81. The number of aromatic nitrogens is 1. The quantitative estimate of drug-likeness (QED) is 0.801. The molecule has 0 spiro atoms. The molecule has 6 heteroatoms. The van der Waals surface area contributed by atoms with Gasteiger partial charge in [-0.2, -0.15) is 0 Å². The van der Waals surface area contributed by atoms with E-state index in [0.29, 0.717) is 17.4 Å². The van der Waals surface area contributed by atoms with Crippen molar-refractivity contribution in [2.75, 3.05) is 44.7 Å². The first-order valence-corrected chi connectivity index (χ1v) is 6.35. The smallest absolute Gasteiger partial charge is 0.214 e. The molecule has 0 aliphatic carbocycles. The van der Waals surface area contributed by atoms with E-state index in [1.54, 1.807) is 13.3 Å². The first-order chi connectivity index (χ1) is 8.69. The molecule has 1 aliphatic heterocycles. The predicted octanol–water partition coefficient (Wildman–Crippen LogP) is 0.498. The van der Waals surface area contributed by atoms with Crippen LogP contribution in [0.15, 0.2) is 18.3 Å². The Morgan fingerprint density at radius 2 is 2.17 bits per heavy atom. The summed E-state index contributed by atoms with van der Waals surface area (Å²) >= 11 is 4.93. The van der Waals surface area contributed by atoms with Gasteiger partial charge in [0.25, 0.3) is 0 Å². The van der Waals surface area contributed by atoms with E-state index < -0.39 is 0 Å². The zero-order valence-electron chi connectivity index (χ0n) is 10.5. The van der Waals surface area contributed by atoms with Gasteiger partial charge in [0.05, 0.1) is 12.1 Å². The molecule has 0 radical (unpaired) electrons. The van der Waals surface area contributed by atoms with Crippen molar-refractivity contribution in [2.24, 2.45) is 5.73 Å². The van der Waals surface area contributed by atoms with Gasteiger partial charge in [0.1, 0.15) is 0 Å². The average Bonchev–Trinajstić information content (AvgIpc) is 2.39. The van der Waals surface area contributed by atoms with E-state index in [9.17, 15) is 0 Å². The monoisotopic (exact) mass is 266 g/mol. The van der Waals surface area contributed by atoms with Crippen LogP contribution < -0.4 is 15.4 Å². The van der Waals surface area contributed by atoms with Crippen molar-refractivity contribution in [2.45, 2.75) is 0 Å². The molecule has 0 saturated carbocycles. The minimum atomic E-state index is 0.564. The number of anilines is 1. The number of hydrogen-bond acceptors (Lipinski definition) is 5. The predicted molar refractivity (Wildman–Crippen MR) is 76.2 cm³/mol. The molecule has 2 heterocycles. The van der Waals surface area contributed by atoms with Gasteiger partial charge >= 0.3 is 0 Å². The second kappa shape index (κ2) is 5.97. The molecular formula is C12H18N4OS. The molecule has 1 aromatic heterocycles. The molecule has 0 amide bonds. The summed E-state index contributed by atoms with van der Waals surface area (Å²) in [6, 6.07) is 3.97. The third kappa shape index (κ3) is 3.30. The Labute approximate surface area is 113 Å². The van der Waals surface area contributed by atoms with Crippen LogP contribution in [0.25, 0.3) is 0 Å². The Morgan fingerprint density at radius 3 is 2.78 bits per heavy atom. The van der Waals surface area contributed by atoms with Crippen molar-refractivity contribution in [1.29, 1.82) is 0 Å². The summed E-state index contributed by atoms with van der Waals surface area (Å²) in [5.41, 5.74) is 6.71. The highest BCUT2D eigenvalue weighted by Crippen LogP contribution is 2.19. The van der Waals surface area contributed by atoms with Crippen LogP contribution in [0.5, 0.6) is 5.88 Å². The number of rotatable bonds is 4. The highest BCUT2D eigenvalue weighted by Gasteiger charge is 2.17. The average molecular weight is 266 g/mol. The van der Waals surface area contributed by atoms with E-state index in [4.69, 9.17) is 22.7 Å². The third-order valence-corrected chi connectivity index (χ3v) is 3.17. The van der Waals surface area contributed by atoms with E-state index in [0.717, 1.165) is 31.9 Å². The summed E-state index contributed by atoms with van der Waals surface area (Å²) in [6.45, 7) is 4.60. The Morgan fingerprint density at radius 1 is 1.44 bits per heavy atom. The van der Waals surface area contributed by atoms with Gasteiger partial charge in [-0.3, -0.25) is 4.90 Å². The summed E-state index contributed by atoms with van der Waals surface area (Å²) in [5, 5.41) is 0. The summed E-state index contributed by atoms with van der Waals surface area (Å²) in [5.74, 6) is 0.651. The highest BCUT2D eigenvalue weighted by molar-refractivity contribution is 7.80. The second-order valence-electron chi connectivity index (χ2n) is 4.29. The zero-order chi connectivity index (χ0) is 13.0. The van der Waals surface area contributed by atoms with Gasteiger partial charge in [-0.25, -0.2) is 4.98 Å². The number of ether oxygens (including phenoxy) is 1. The Bertz CT molecular complexity index is 418. The molecule has 0 bridgehead atoms. The minimum absolute atomic E-state index is 0.564. The Balaban J connectivity index is 1.94. The lowest BCUT2D eigenvalue weighted by molar-refractivity contribution is 0.292. The molecular weight excluding hydrogens is 248 g/mol. The Kier molecular flexibility index (Phi) is 4.33. The van der Waals surface area contributed by atoms with Gasteiger partial charge in [-0.15, -0.1) is 0 Å². The van der Waals surface area contributed by atoms with Crippen LogP contribution in [-0.4, -0.2) is 54.7 Å². The van der Waals surface area contributed by atoms with Gasteiger partial charge in [0.15, 0.2) is 0 Å². The standard InChI is InChI=1S/C12H18N4OS/c1-17-12-8-10(2-3-14-12)16-6-4-15(5-7-16)9-11(13)18/h2-3,8H,4-7,9H2,1H3,(H2,13,18). The maximum Gasteiger partial charge on any atom is 0.214 e. The normalized spacial score (nSPS) is 16.6. The first kappa shape index (κ1) is 13.0. The first-order valence-electron chi connectivity index (χ1n) is 5.94. The fourth-order valence-corrected chi connectivity index (χ4v) is 2.27. The maximum atomic E-state index is 5.56. The fraction of sp³-hybridized carbons (Fsp3) is 0.500. The van der Waals surface area contributed by atoms with E-state index in [-0.39, 0.29) is 0 Å². The van der Waals surface area contributed by atoms with Crippen LogP contribution in [0.3, 0.4) is 0 Å². The number of nitrogens with zero attached hydrogens (tertiary/aromatic N) is 3. The van der Waals surface area contributed by atoms with E-state index >= 15 is 0 Å². The van der Waals surface area contributed by atoms with Crippen molar-refractivity contribution in [3.05, 3.63) is 18.3 Å². The SMILES string of the molecule is COc1cc(N2CCN(CC(N)=S)CC2)ccn1. The number of methoxy groups -OCH3 is 1. The van der Waals surface area contributed by atoms with Crippen LogP contribution in [-0.2, 0) is 0 Å². The van der Waals surface area contributed by atoms with Crippen LogP contribution in [0.4, 0.5) is 5.69 Å². The lowest BCUT2D eigenvalue weighted by Gasteiger charge is -2.35. The minimum Gasteiger partial charge on any atom is -0.481 e. The molecule has 2 N–H and O–H groups in total. The molecule has 98 valence electrons. The van der Waals surface area contributed by atoms with Crippen LogP contribution in [0, 0.1) is 0 Å². The summed E-state index contributed by atoms with van der Waals surface area (Å²) < 4.78 is 5.14. The lowest BCUT2D eigenvalue weighted by Crippen LogP contribution is -2.48. The number of pyridine rings is 1. The van der Waals surface area contributed by atoms with Gasteiger partial charge < -0.3 is 15.4 Å². The maximum absolute atomic E-state index is 5.56. The molecule has 0 unspecified atom stereocenters. The molecule has 1 aliphatic rings. The Hall–Kier alpha value is -1.40. The summed E-state index contributed by atoms with van der Waals surface area (Å²) in [4.78, 5) is 9.27. The molecule has 0 atom stereocenters.